The maximum atomic E-state index is 8.78. The minimum atomic E-state index is 0.113. The van der Waals surface area contributed by atoms with E-state index in [2.05, 4.69) is 25.5 Å². The molecule has 8 heteroatoms. The topological polar surface area (TPSA) is 123 Å². The highest BCUT2D eigenvalue weighted by molar-refractivity contribution is 5.84. The number of hydrogen-bond donors (Lipinski definition) is 2. The van der Waals surface area contributed by atoms with Crippen LogP contribution >= 0.6 is 0 Å². The summed E-state index contributed by atoms with van der Waals surface area (Å²) in [5, 5.41) is 20.0. The Labute approximate surface area is 156 Å². The molecule has 1 aromatic carbocycles. The Balaban J connectivity index is 1.38. The van der Waals surface area contributed by atoms with Crippen molar-refractivity contribution in [2.24, 2.45) is 0 Å². The Morgan fingerprint density at radius 3 is 2.63 bits per heavy atom. The number of rotatable bonds is 4. The third kappa shape index (κ3) is 3.87. The molecule has 2 aromatic heterocycles. The Hall–Kier alpha value is -3.47. The predicted molar refractivity (Wildman–Crippen MR) is 101 cm³/mol. The molecular formula is C19H19N7O. The molecule has 3 N–H and O–H groups in total. The smallest absolute Gasteiger partial charge is 0.163 e. The number of aromatic nitrogens is 4. The normalized spacial score (nSPS) is 19.4. The van der Waals surface area contributed by atoms with Crippen molar-refractivity contribution < 1.29 is 4.74 Å². The van der Waals surface area contributed by atoms with Crippen LogP contribution in [0.1, 0.15) is 31.4 Å². The van der Waals surface area contributed by atoms with E-state index in [1.165, 1.54) is 0 Å². The first-order valence-electron chi connectivity index (χ1n) is 8.88. The van der Waals surface area contributed by atoms with Gasteiger partial charge in [-0.1, -0.05) is 0 Å². The summed E-state index contributed by atoms with van der Waals surface area (Å²) >= 11 is 0. The lowest BCUT2D eigenvalue weighted by atomic mass is 9.93. The van der Waals surface area contributed by atoms with Crippen LogP contribution < -0.4 is 15.8 Å². The van der Waals surface area contributed by atoms with Gasteiger partial charge in [-0.15, -0.1) is 10.2 Å². The largest absolute Gasteiger partial charge is 0.488 e. The first-order chi connectivity index (χ1) is 13.2. The molecule has 0 radical (unpaired) electrons. The maximum Gasteiger partial charge on any atom is 0.163 e. The molecule has 0 amide bonds. The fraction of sp³-hybridized carbons (Fsp3) is 0.316. The van der Waals surface area contributed by atoms with Gasteiger partial charge in [-0.2, -0.15) is 5.26 Å². The minimum absolute atomic E-state index is 0.113. The van der Waals surface area contributed by atoms with Crippen LogP contribution in [0, 0.1) is 11.3 Å². The summed E-state index contributed by atoms with van der Waals surface area (Å²) in [4.78, 5) is 8.68. The molecule has 1 saturated carbocycles. The number of ether oxygens (including phenoxy) is 1. The number of nitrogens with zero attached hydrogens (tertiary/aromatic N) is 5. The monoisotopic (exact) mass is 361 g/mol. The summed E-state index contributed by atoms with van der Waals surface area (Å²) in [5.41, 5.74) is 8.38. The zero-order chi connectivity index (χ0) is 18.6. The molecule has 1 aliphatic carbocycles. The van der Waals surface area contributed by atoms with Gasteiger partial charge in [0.1, 0.15) is 23.2 Å². The van der Waals surface area contributed by atoms with E-state index in [1.807, 2.05) is 12.1 Å². The summed E-state index contributed by atoms with van der Waals surface area (Å²) in [5.74, 6) is 1.38. The number of nitrogen functional groups attached to an aromatic ring is 1. The number of nitrogens with two attached hydrogens (primary N) is 1. The average molecular weight is 361 g/mol. The SMILES string of the molecule is N#Cc1ccc(NC2CCC(Oc3cc(N)cc4nccnc34)CC2)nn1. The first kappa shape index (κ1) is 17.0. The molecule has 8 nitrogen and oxygen atoms in total. The van der Waals surface area contributed by atoms with Crippen molar-refractivity contribution >= 4 is 22.5 Å². The van der Waals surface area contributed by atoms with E-state index in [0.717, 1.165) is 36.7 Å². The third-order valence-corrected chi connectivity index (χ3v) is 4.66. The Morgan fingerprint density at radius 2 is 1.89 bits per heavy atom. The standard InChI is InChI=1S/C19H19N7O/c20-11-14-3-6-18(26-25-14)24-13-1-4-15(5-2-13)27-17-10-12(21)9-16-19(17)23-8-7-22-16/h3,6-10,13,15H,1-2,4-5,21H2,(H,24,26). The van der Waals surface area contributed by atoms with Gasteiger partial charge >= 0.3 is 0 Å². The van der Waals surface area contributed by atoms with E-state index in [4.69, 9.17) is 15.7 Å². The predicted octanol–water partition coefficient (Wildman–Crippen LogP) is 2.68. The van der Waals surface area contributed by atoms with Crippen LogP contribution in [-0.4, -0.2) is 32.3 Å². The van der Waals surface area contributed by atoms with E-state index < -0.39 is 0 Å². The van der Waals surface area contributed by atoms with Gasteiger partial charge in [-0.3, -0.25) is 4.98 Å². The number of fused-ring (bicyclic) bond motifs is 1. The van der Waals surface area contributed by atoms with Gasteiger partial charge in [0.25, 0.3) is 0 Å². The molecule has 0 saturated heterocycles. The van der Waals surface area contributed by atoms with Crippen molar-refractivity contribution in [1.82, 2.24) is 20.2 Å². The van der Waals surface area contributed by atoms with Crippen molar-refractivity contribution in [3.8, 4) is 11.8 Å². The molecule has 0 spiro atoms. The lowest BCUT2D eigenvalue weighted by Crippen LogP contribution is -2.31. The van der Waals surface area contributed by atoms with E-state index in [0.29, 0.717) is 29.0 Å². The first-order valence-corrected chi connectivity index (χ1v) is 8.88. The van der Waals surface area contributed by atoms with Gasteiger partial charge in [-0.25, -0.2) is 4.98 Å². The molecule has 0 aliphatic heterocycles. The summed E-state index contributed by atoms with van der Waals surface area (Å²) in [6.45, 7) is 0. The summed E-state index contributed by atoms with van der Waals surface area (Å²) < 4.78 is 6.20. The number of anilines is 2. The molecule has 1 aliphatic rings. The lowest BCUT2D eigenvalue weighted by Gasteiger charge is -2.30. The third-order valence-electron chi connectivity index (χ3n) is 4.66. The summed E-state index contributed by atoms with van der Waals surface area (Å²) in [6.07, 6.45) is 7.16. The van der Waals surface area contributed by atoms with Gasteiger partial charge in [0.15, 0.2) is 5.69 Å². The molecule has 136 valence electrons. The van der Waals surface area contributed by atoms with Crippen LogP contribution in [0.2, 0.25) is 0 Å². The molecule has 4 rings (SSSR count). The number of nitriles is 1. The highest BCUT2D eigenvalue weighted by Gasteiger charge is 2.23. The van der Waals surface area contributed by atoms with Gasteiger partial charge in [-0.05, 0) is 43.9 Å². The van der Waals surface area contributed by atoms with Crippen LogP contribution in [0.5, 0.6) is 5.75 Å². The molecule has 1 fully saturated rings. The van der Waals surface area contributed by atoms with Crippen molar-refractivity contribution in [2.45, 2.75) is 37.8 Å². The van der Waals surface area contributed by atoms with Gasteiger partial charge in [0.05, 0.1) is 11.6 Å². The molecule has 3 aromatic rings. The number of hydrogen-bond acceptors (Lipinski definition) is 8. The molecule has 0 atom stereocenters. The van der Waals surface area contributed by atoms with Gasteiger partial charge in [0, 0.05) is 30.2 Å². The second-order valence-electron chi connectivity index (χ2n) is 6.59. The minimum Gasteiger partial charge on any atom is -0.488 e. The van der Waals surface area contributed by atoms with E-state index in [-0.39, 0.29) is 6.10 Å². The lowest BCUT2D eigenvalue weighted by molar-refractivity contribution is 0.152. The molecular weight excluding hydrogens is 342 g/mol. The van der Waals surface area contributed by atoms with E-state index in [1.54, 1.807) is 30.6 Å². The van der Waals surface area contributed by atoms with Gasteiger partial charge < -0.3 is 15.8 Å². The van der Waals surface area contributed by atoms with Crippen LogP contribution in [-0.2, 0) is 0 Å². The second-order valence-corrected chi connectivity index (χ2v) is 6.59. The summed E-state index contributed by atoms with van der Waals surface area (Å²) in [7, 11) is 0. The van der Waals surface area contributed by atoms with Crippen LogP contribution in [0.4, 0.5) is 11.5 Å². The second kappa shape index (κ2) is 7.41. The van der Waals surface area contributed by atoms with E-state index >= 15 is 0 Å². The highest BCUT2D eigenvalue weighted by Crippen LogP contribution is 2.30. The molecule has 27 heavy (non-hydrogen) atoms. The van der Waals surface area contributed by atoms with E-state index in [9.17, 15) is 0 Å². The van der Waals surface area contributed by atoms with Crippen molar-refractivity contribution in [3.05, 3.63) is 42.4 Å². The Morgan fingerprint density at radius 1 is 1.07 bits per heavy atom. The maximum absolute atomic E-state index is 8.78. The van der Waals surface area contributed by atoms with Gasteiger partial charge in [0.2, 0.25) is 0 Å². The number of benzene rings is 1. The zero-order valence-electron chi connectivity index (χ0n) is 14.7. The average Bonchev–Trinajstić information content (AvgIpc) is 2.70. The molecule has 0 unspecified atom stereocenters. The van der Waals surface area contributed by atoms with Crippen molar-refractivity contribution in [2.75, 3.05) is 11.1 Å². The van der Waals surface area contributed by atoms with Crippen LogP contribution in [0.25, 0.3) is 11.0 Å². The molecule has 2 heterocycles. The van der Waals surface area contributed by atoms with Crippen LogP contribution in [0.3, 0.4) is 0 Å². The highest BCUT2D eigenvalue weighted by atomic mass is 16.5. The number of nitrogens with one attached hydrogen (secondary N) is 1. The summed E-state index contributed by atoms with van der Waals surface area (Å²) in [6, 6.07) is 9.34. The fourth-order valence-corrected chi connectivity index (χ4v) is 3.34. The zero-order valence-corrected chi connectivity index (χ0v) is 14.7. The van der Waals surface area contributed by atoms with Crippen LogP contribution in [0.15, 0.2) is 36.7 Å². The Kier molecular flexibility index (Phi) is 4.66. The molecule has 0 bridgehead atoms. The van der Waals surface area contributed by atoms with Crippen molar-refractivity contribution in [1.29, 1.82) is 5.26 Å². The van der Waals surface area contributed by atoms with Crippen molar-refractivity contribution in [3.63, 3.8) is 0 Å². The fourth-order valence-electron chi connectivity index (χ4n) is 3.34. The quantitative estimate of drug-likeness (QED) is 0.680. The Bertz CT molecular complexity index is 976.